The summed E-state index contributed by atoms with van der Waals surface area (Å²) in [6, 6.07) is 6.88. The maximum Gasteiger partial charge on any atom is 0.318 e. The minimum absolute atomic E-state index is 0.0657. The van der Waals surface area contributed by atoms with E-state index in [4.69, 9.17) is 4.74 Å². The van der Waals surface area contributed by atoms with Crippen molar-refractivity contribution < 1.29 is 9.53 Å². The molecule has 0 spiro atoms. The lowest BCUT2D eigenvalue weighted by molar-refractivity contribution is -0.144. The van der Waals surface area contributed by atoms with Gasteiger partial charge in [0.15, 0.2) is 6.73 Å². The number of hydrogen-bond acceptors (Lipinski definition) is 9. The van der Waals surface area contributed by atoms with Crippen LogP contribution >= 0.6 is 23.1 Å². The number of fused-ring (bicyclic) bond motifs is 2. The smallest absolute Gasteiger partial charge is 0.318 e. The van der Waals surface area contributed by atoms with E-state index < -0.39 is 5.97 Å². The quantitative estimate of drug-likeness (QED) is 0.280. The number of nitrogens with zero attached hydrogens (tertiary/aromatic N) is 5. The van der Waals surface area contributed by atoms with Gasteiger partial charge < -0.3 is 4.74 Å². The molecule has 0 fully saturated rings. The number of ether oxygens (including phenoxy) is 1. The van der Waals surface area contributed by atoms with Crippen molar-refractivity contribution in [3.63, 3.8) is 0 Å². The van der Waals surface area contributed by atoms with Crippen LogP contribution in [0, 0.1) is 13.8 Å². The Bertz CT molecular complexity index is 1250. The Morgan fingerprint density at radius 3 is 2.93 bits per heavy atom. The van der Waals surface area contributed by atoms with E-state index in [1.807, 2.05) is 13.8 Å². The molecule has 0 bridgehead atoms. The standard InChI is InChI=1S/C18H15N5O3S2/c1-10-11(2)28-17-15(10)16(19-8-20-17)27-7-14(24)26-9-23-18(25)12-5-3-4-6-13(12)21-22-23/h3-6,8H,7,9H2,1-2H3. The van der Waals surface area contributed by atoms with Gasteiger partial charge in [-0.3, -0.25) is 9.59 Å². The number of aromatic nitrogens is 5. The van der Waals surface area contributed by atoms with Crippen LogP contribution in [0.4, 0.5) is 0 Å². The number of hydrogen-bond donors (Lipinski definition) is 0. The maximum atomic E-state index is 12.4. The fourth-order valence-electron chi connectivity index (χ4n) is 2.67. The minimum Gasteiger partial charge on any atom is -0.441 e. The second kappa shape index (κ2) is 7.64. The predicted octanol–water partition coefficient (Wildman–Crippen LogP) is 2.71. The van der Waals surface area contributed by atoms with Crippen LogP contribution < -0.4 is 5.56 Å². The second-order valence-electron chi connectivity index (χ2n) is 5.99. The zero-order chi connectivity index (χ0) is 19.7. The summed E-state index contributed by atoms with van der Waals surface area (Å²) >= 11 is 2.89. The Labute approximate surface area is 167 Å². The molecule has 0 aliphatic rings. The van der Waals surface area contributed by atoms with Crippen LogP contribution in [0.3, 0.4) is 0 Å². The molecule has 8 nitrogen and oxygen atoms in total. The molecule has 0 atom stereocenters. The molecular weight excluding hydrogens is 398 g/mol. The third-order valence-electron chi connectivity index (χ3n) is 4.23. The molecule has 0 N–H and O–H groups in total. The summed E-state index contributed by atoms with van der Waals surface area (Å²) < 4.78 is 6.21. The van der Waals surface area contributed by atoms with Gasteiger partial charge in [-0.1, -0.05) is 29.1 Å². The van der Waals surface area contributed by atoms with Crippen molar-refractivity contribution in [3.8, 4) is 0 Å². The van der Waals surface area contributed by atoms with Crippen LogP contribution in [0.15, 0.2) is 40.4 Å². The van der Waals surface area contributed by atoms with E-state index in [1.54, 1.807) is 35.6 Å². The van der Waals surface area contributed by atoms with Gasteiger partial charge in [0.25, 0.3) is 5.56 Å². The first-order valence-electron chi connectivity index (χ1n) is 8.36. The molecule has 0 unspecified atom stereocenters. The van der Waals surface area contributed by atoms with Crippen molar-refractivity contribution in [2.45, 2.75) is 25.6 Å². The summed E-state index contributed by atoms with van der Waals surface area (Å²) in [5.74, 6) is -0.404. The Balaban J connectivity index is 1.43. The average Bonchev–Trinajstić information content (AvgIpc) is 3.00. The van der Waals surface area contributed by atoms with Gasteiger partial charge >= 0.3 is 5.97 Å². The van der Waals surface area contributed by atoms with Gasteiger partial charge in [0.1, 0.15) is 21.7 Å². The third-order valence-corrected chi connectivity index (χ3v) is 6.31. The molecular formula is C18H15N5O3S2. The number of benzene rings is 1. The molecule has 0 radical (unpaired) electrons. The van der Waals surface area contributed by atoms with Crippen LogP contribution in [-0.2, 0) is 16.3 Å². The van der Waals surface area contributed by atoms with Crippen molar-refractivity contribution in [2.24, 2.45) is 0 Å². The highest BCUT2D eigenvalue weighted by molar-refractivity contribution is 8.00. The van der Waals surface area contributed by atoms with Crippen molar-refractivity contribution in [1.29, 1.82) is 0 Å². The summed E-state index contributed by atoms with van der Waals surface area (Å²) in [4.78, 5) is 35.2. The minimum atomic E-state index is -0.469. The van der Waals surface area contributed by atoms with E-state index in [-0.39, 0.29) is 18.0 Å². The maximum absolute atomic E-state index is 12.4. The number of rotatable bonds is 5. The Morgan fingerprint density at radius 2 is 2.07 bits per heavy atom. The van der Waals surface area contributed by atoms with E-state index >= 15 is 0 Å². The predicted molar refractivity (Wildman–Crippen MR) is 108 cm³/mol. The van der Waals surface area contributed by atoms with Gasteiger partial charge in [-0.2, -0.15) is 4.68 Å². The highest BCUT2D eigenvalue weighted by atomic mass is 32.2. The number of thioether (sulfide) groups is 1. The zero-order valence-electron chi connectivity index (χ0n) is 15.1. The molecule has 1 aromatic carbocycles. The molecule has 4 aromatic rings. The van der Waals surface area contributed by atoms with E-state index in [2.05, 4.69) is 20.3 Å². The molecule has 0 saturated carbocycles. The number of esters is 1. The normalized spacial score (nSPS) is 11.2. The fourth-order valence-corrected chi connectivity index (χ4v) is 4.58. The first-order chi connectivity index (χ1) is 13.5. The monoisotopic (exact) mass is 413 g/mol. The van der Waals surface area contributed by atoms with Crippen LogP contribution in [-0.4, -0.2) is 36.7 Å². The van der Waals surface area contributed by atoms with Gasteiger partial charge in [0.2, 0.25) is 0 Å². The Kier molecular flexibility index (Phi) is 5.05. The summed E-state index contributed by atoms with van der Waals surface area (Å²) in [7, 11) is 0. The topological polar surface area (TPSA) is 99.9 Å². The number of thiophene rings is 1. The Morgan fingerprint density at radius 1 is 1.25 bits per heavy atom. The van der Waals surface area contributed by atoms with Crippen LogP contribution in [0.25, 0.3) is 21.1 Å². The van der Waals surface area contributed by atoms with Crippen molar-refractivity contribution in [3.05, 3.63) is 51.4 Å². The summed E-state index contributed by atoms with van der Waals surface area (Å²) in [5, 5.41) is 9.90. The van der Waals surface area contributed by atoms with Crippen LogP contribution in [0.1, 0.15) is 10.4 Å². The highest BCUT2D eigenvalue weighted by Crippen LogP contribution is 2.34. The zero-order valence-corrected chi connectivity index (χ0v) is 16.7. The van der Waals surface area contributed by atoms with E-state index in [1.165, 1.54) is 23.0 Å². The van der Waals surface area contributed by atoms with E-state index in [0.29, 0.717) is 10.9 Å². The second-order valence-corrected chi connectivity index (χ2v) is 8.15. The third kappa shape index (κ3) is 3.48. The molecule has 142 valence electrons. The summed E-state index contributed by atoms with van der Waals surface area (Å²) in [6.07, 6.45) is 1.50. The van der Waals surface area contributed by atoms with Crippen molar-refractivity contribution in [2.75, 3.05) is 5.75 Å². The molecule has 4 rings (SSSR count). The first kappa shape index (κ1) is 18.5. The number of carbonyl (C=O) groups excluding carboxylic acids is 1. The molecule has 0 aliphatic carbocycles. The molecule has 0 amide bonds. The van der Waals surface area contributed by atoms with Gasteiger partial charge in [0, 0.05) is 10.3 Å². The highest BCUT2D eigenvalue weighted by Gasteiger charge is 2.14. The first-order valence-corrected chi connectivity index (χ1v) is 10.2. The van der Waals surface area contributed by atoms with Gasteiger partial charge in [-0.05, 0) is 31.5 Å². The number of carbonyl (C=O) groups is 1. The lowest BCUT2D eigenvalue weighted by atomic mass is 10.2. The summed E-state index contributed by atoms with van der Waals surface area (Å²) in [6.45, 7) is 3.77. The molecule has 3 aromatic heterocycles. The molecule has 28 heavy (non-hydrogen) atoms. The lowest BCUT2D eigenvalue weighted by Crippen LogP contribution is -2.26. The Hall–Kier alpha value is -2.85. The molecule has 3 heterocycles. The van der Waals surface area contributed by atoms with Crippen LogP contribution in [0.2, 0.25) is 0 Å². The van der Waals surface area contributed by atoms with E-state index in [9.17, 15) is 9.59 Å². The van der Waals surface area contributed by atoms with Gasteiger partial charge in [0.05, 0.1) is 11.1 Å². The molecule has 10 heteroatoms. The molecule has 0 saturated heterocycles. The number of aryl methyl sites for hydroxylation is 2. The van der Waals surface area contributed by atoms with Crippen LogP contribution in [0.5, 0.6) is 0 Å². The van der Waals surface area contributed by atoms with Crippen molar-refractivity contribution >= 4 is 50.2 Å². The average molecular weight is 413 g/mol. The fraction of sp³-hybridized carbons (Fsp3) is 0.222. The largest absolute Gasteiger partial charge is 0.441 e. The summed E-state index contributed by atoms with van der Waals surface area (Å²) in [5.41, 5.74) is 1.27. The van der Waals surface area contributed by atoms with Gasteiger partial charge in [-0.25, -0.2) is 9.97 Å². The van der Waals surface area contributed by atoms with Gasteiger partial charge in [-0.15, -0.1) is 16.4 Å². The van der Waals surface area contributed by atoms with Crippen molar-refractivity contribution in [1.82, 2.24) is 25.0 Å². The SMILES string of the molecule is Cc1sc2ncnc(SCC(=O)OCn3nnc4ccccc4c3=O)c2c1C. The molecule has 0 aliphatic heterocycles. The van der Waals surface area contributed by atoms with E-state index in [0.717, 1.165) is 25.5 Å². The lowest BCUT2D eigenvalue weighted by Gasteiger charge is -2.07.